The van der Waals surface area contributed by atoms with E-state index in [0.717, 1.165) is 12.5 Å². The SMILES string of the molecule is O=C(CN(C1CCCCC1)C1CC1)NCC1CCCCC1. The van der Waals surface area contributed by atoms with Crippen LogP contribution in [0.4, 0.5) is 0 Å². The van der Waals surface area contributed by atoms with Gasteiger partial charge in [-0.1, -0.05) is 38.5 Å². The molecule has 3 rings (SSSR count). The maximum Gasteiger partial charge on any atom is 0.234 e. The number of rotatable bonds is 6. The van der Waals surface area contributed by atoms with Gasteiger partial charge in [0.25, 0.3) is 0 Å². The molecule has 120 valence electrons. The van der Waals surface area contributed by atoms with Gasteiger partial charge in [-0.3, -0.25) is 9.69 Å². The molecule has 21 heavy (non-hydrogen) atoms. The zero-order chi connectivity index (χ0) is 14.5. The van der Waals surface area contributed by atoms with Crippen LogP contribution in [0.3, 0.4) is 0 Å². The Morgan fingerprint density at radius 1 is 0.810 bits per heavy atom. The fraction of sp³-hybridized carbons (Fsp3) is 0.944. The van der Waals surface area contributed by atoms with Crippen LogP contribution in [0.25, 0.3) is 0 Å². The van der Waals surface area contributed by atoms with Gasteiger partial charge in [-0.05, 0) is 44.4 Å². The van der Waals surface area contributed by atoms with Crippen LogP contribution in [0, 0.1) is 5.92 Å². The molecule has 3 heteroatoms. The first-order valence-electron chi connectivity index (χ1n) is 9.35. The van der Waals surface area contributed by atoms with Crippen LogP contribution >= 0.6 is 0 Å². The van der Waals surface area contributed by atoms with E-state index in [4.69, 9.17) is 0 Å². The highest BCUT2D eigenvalue weighted by molar-refractivity contribution is 5.78. The van der Waals surface area contributed by atoms with Gasteiger partial charge in [0, 0.05) is 18.6 Å². The molecule has 0 aromatic rings. The van der Waals surface area contributed by atoms with Crippen molar-refractivity contribution in [3.05, 3.63) is 0 Å². The van der Waals surface area contributed by atoms with E-state index in [-0.39, 0.29) is 5.91 Å². The normalized spacial score (nSPS) is 25.2. The number of hydrogen-bond acceptors (Lipinski definition) is 2. The van der Waals surface area contributed by atoms with Gasteiger partial charge < -0.3 is 5.32 Å². The van der Waals surface area contributed by atoms with Crippen molar-refractivity contribution >= 4 is 5.91 Å². The van der Waals surface area contributed by atoms with Crippen LogP contribution in [0.15, 0.2) is 0 Å². The molecule has 0 radical (unpaired) electrons. The zero-order valence-corrected chi connectivity index (χ0v) is 13.5. The predicted octanol–water partition coefficient (Wildman–Crippen LogP) is 3.48. The zero-order valence-electron chi connectivity index (χ0n) is 13.5. The minimum absolute atomic E-state index is 0.276. The summed E-state index contributed by atoms with van der Waals surface area (Å²) in [6, 6.07) is 1.40. The average molecular weight is 292 g/mol. The molecule has 0 aromatic carbocycles. The van der Waals surface area contributed by atoms with Crippen LogP contribution in [0.1, 0.15) is 77.0 Å². The van der Waals surface area contributed by atoms with Gasteiger partial charge in [-0.15, -0.1) is 0 Å². The lowest BCUT2D eigenvalue weighted by molar-refractivity contribution is -0.123. The van der Waals surface area contributed by atoms with Crippen molar-refractivity contribution in [1.82, 2.24) is 10.2 Å². The van der Waals surface area contributed by atoms with Gasteiger partial charge in [0.2, 0.25) is 5.91 Å². The summed E-state index contributed by atoms with van der Waals surface area (Å²) in [6.45, 7) is 1.57. The van der Waals surface area contributed by atoms with Gasteiger partial charge in [0.1, 0.15) is 0 Å². The van der Waals surface area contributed by atoms with Gasteiger partial charge in [0.15, 0.2) is 0 Å². The first-order chi connectivity index (χ1) is 10.3. The van der Waals surface area contributed by atoms with Gasteiger partial charge in [-0.25, -0.2) is 0 Å². The minimum atomic E-state index is 0.276. The molecule has 3 nitrogen and oxygen atoms in total. The highest BCUT2D eigenvalue weighted by Gasteiger charge is 2.35. The first-order valence-corrected chi connectivity index (χ1v) is 9.35. The smallest absolute Gasteiger partial charge is 0.234 e. The van der Waals surface area contributed by atoms with Crippen molar-refractivity contribution in [2.75, 3.05) is 13.1 Å². The second-order valence-electron chi connectivity index (χ2n) is 7.50. The van der Waals surface area contributed by atoms with Crippen LogP contribution < -0.4 is 5.32 Å². The summed E-state index contributed by atoms with van der Waals surface area (Å²) >= 11 is 0. The summed E-state index contributed by atoms with van der Waals surface area (Å²) in [5, 5.41) is 3.22. The Kier molecular flexibility index (Phi) is 5.56. The second-order valence-corrected chi connectivity index (χ2v) is 7.50. The van der Waals surface area contributed by atoms with E-state index < -0.39 is 0 Å². The van der Waals surface area contributed by atoms with E-state index in [1.807, 2.05) is 0 Å². The lowest BCUT2D eigenvalue weighted by Crippen LogP contribution is -2.45. The third-order valence-electron chi connectivity index (χ3n) is 5.70. The van der Waals surface area contributed by atoms with E-state index in [1.54, 1.807) is 0 Å². The van der Waals surface area contributed by atoms with Crippen LogP contribution in [0.5, 0.6) is 0 Å². The van der Waals surface area contributed by atoms with E-state index >= 15 is 0 Å². The first kappa shape index (κ1) is 15.3. The number of hydrogen-bond donors (Lipinski definition) is 1. The topological polar surface area (TPSA) is 32.3 Å². The average Bonchev–Trinajstić information content (AvgIpc) is 3.37. The molecule has 0 saturated heterocycles. The van der Waals surface area contributed by atoms with E-state index in [1.165, 1.54) is 77.0 Å². The van der Waals surface area contributed by atoms with Crippen molar-refractivity contribution in [2.24, 2.45) is 5.92 Å². The molecule has 0 aromatic heterocycles. The molecule has 0 atom stereocenters. The van der Waals surface area contributed by atoms with E-state index in [9.17, 15) is 4.79 Å². The lowest BCUT2D eigenvalue weighted by atomic mass is 9.89. The Morgan fingerprint density at radius 3 is 2.00 bits per heavy atom. The Bertz CT molecular complexity index is 328. The number of amides is 1. The second kappa shape index (κ2) is 7.62. The van der Waals surface area contributed by atoms with Crippen LogP contribution in [-0.2, 0) is 4.79 Å². The molecular weight excluding hydrogens is 260 g/mol. The Balaban J connectivity index is 1.42. The third kappa shape index (κ3) is 4.70. The van der Waals surface area contributed by atoms with Crippen molar-refractivity contribution in [3.8, 4) is 0 Å². The van der Waals surface area contributed by atoms with Crippen molar-refractivity contribution < 1.29 is 4.79 Å². The largest absolute Gasteiger partial charge is 0.355 e. The standard InChI is InChI=1S/C18H32N2O/c21-18(19-13-15-7-3-1-4-8-15)14-20(17-11-12-17)16-9-5-2-6-10-16/h15-17H,1-14H2,(H,19,21). The molecule has 0 unspecified atom stereocenters. The molecule has 3 fully saturated rings. The fourth-order valence-corrected chi connectivity index (χ4v) is 4.25. The van der Waals surface area contributed by atoms with Gasteiger partial charge >= 0.3 is 0 Å². The van der Waals surface area contributed by atoms with Crippen molar-refractivity contribution in [2.45, 2.75) is 89.1 Å². The number of nitrogens with zero attached hydrogens (tertiary/aromatic N) is 1. The molecule has 3 aliphatic rings. The monoisotopic (exact) mass is 292 g/mol. The maximum atomic E-state index is 12.3. The number of carbonyl (C=O) groups is 1. The minimum Gasteiger partial charge on any atom is -0.355 e. The summed E-state index contributed by atoms with van der Waals surface area (Å²) in [5.74, 6) is 1.02. The third-order valence-corrected chi connectivity index (χ3v) is 5.70. The van der Waals surface area contributed by atoms with Crippen molar-refractivity contribution in [1.29, 1.82) is 0 Å². The van der Waals surface area contributed by atoms with E-state index in [2.05, 4.69) is 10.2 Å². The molecule has 0 spiro atoms. The molecule has 0 bridgehead atoms. The summed E-state index contributed by atoms with van der Waals surface area (Å²) in [6.07, 6.45) is 16.1. The molecule has 0 heterocycles. The maximum absolute atomic E-state index is 12.3. The van der Waals surface area contributed by atoms with Gasteiger partial charge in [-0.2, -0.15) is 0 Å². The Hall–Kier alpha value is -0.570. The fourth-order valence-electron chi connectivity index (χ4n) is 4.25. The highest BCUT2D eigenvalue weighted by Crippen LogP contribution is 2.33. The summed E-state index contributed by atoms with van der Waals surface area (Å²) < 4.78 is 0. The number of carbonyl (C=O) groups excluding carboxylic acids is 1. The molecule has 3 saturated carbocycles. The number of nitrogens with one attached hydrogen (secondary N) is 1. The summed E-state index contributed by atoms with van der Waals surface area (Å²) in [7, 11) is 0. The highest BCUT2D eigenvalue weighted by atomic mass is 16.2. The predicted molar refractivity (Wildman–Crippen MR) is 86.2 cm³/mol. The van der Waals surface area contributed by atoms with E-state index in [0.29, 0.717) is 18.6 Å². The molecule has 3 aliphatic carbocycles. The quantitative estimate of drug-likeness (QED) is 0.813. The van der Waals surface area contributed by atoms with Crippen LogP contribution in [-0.4, -0.2) is 36.0 Å². The lowest BCUT2D eigenvalue weighted by Gasteiger charge is -2.34. The van der Waals surface area contributed by atoms with Crippen LogP contribution in [0.2, 0.25) is 0 Å². The van der Waals surface area contributed by atoms with Gasteiger partial charge in [0.05, 0.1) is 6.54 Å². The Labute approximate surface area is 129 Å². The summed E-state index contributed by atoms with van der Waals surface area (Å²) in [4.78, 5) is 14.9. The molecule has 0 aliphatic heterocycles. The molecule has 1 N–H and O–H groups in total. The molecular formula is C18H32N2O. The summed E-state index contributed by atoms with van der Waals surface area (Å²) in [5.41, 5.74) is 0. The molecule has 1 amide bonds. The Morgan fingerprint density at radius 2 is 1.38 bits per heavy atom. The van der Waals surface area contributed by atoms with Crippen molar-refractivity contribution in [3.63, 3.8) is 0 Å².